The predicted molar refractivity (Wildman–Crippen MR) is 77.4 cm³/mol. The molecule has 1 aromatic rings. The van der Waals surface area contributed by atoms with E-state index in [-0.39, 0.29) is 12.0 Å². The number of ether oxygens (including phenoxy) is 1. The molecule has 0 aliphatic heterocycles. The minimum Gasteiger partial charge on any atom is -0.383 e. The summed E-state index contributed by atoms with van der Waals surface area (Å²) < 4.78 is 5.14. The van der Waals surface area contributed by atoms with Gasteiger partial charge in [-0.2, -0.15) is 15.0 Å². The first kappa shape index (κ1) is 15.4. The van der Waals surface area contributed by atoms with E-state index in [4.69, 9.17) is 10.5 Å². The largest absolute Gasteiger partial charge is 0.383 e. The zero-order valence-electron chi connectivity index (χ0n) is 12.2. The van der Waals surface area contributed by atoms with E-state index in [1.807, 2.05) is 4.90 Å². The van der Waals surface area contributed by atoms with Crippen molar-refractivity contribution < 1.29 is 4.74 Å². The van der Waals surface area contributed by atoms with Crippen molar-refractivity contribution in [3.8, 4) is 0 Å². The van der Waals surface area contributed by atoms with Gasteiger partial charge in [-0.1, -0.05) is 6.92 Å². The zero-order chi connectivity index (χ0) is 14.3. The van der Waals surface area contributed by atoms with Crippen molar-refractivity contribution in [1.29, 1.82) is 0 Å². The molecule has 0 aliphatic rings. The van der Waals surface area contributed by atoms with Crippen LogP contribution in [0.3, 0.4) is 0 Å². The highest BCUT2D eigenvalue weighted by Gasteiger charge is 2.12. The number of rotatable bonds is 8. The maximum atomic E-state index is 5.74. The normalized spacial score (nSPS) is 12.2. The third-order valence-electron chi connectivity index (χ3n) is 2.88. The fourth-order valence-electron chi connectivity index (χ4n) is 1.74. The van der Waals surface area contributed by atoms with Crippen molar-refractivity contribution in [3.63, 3.8) is 0 Å². The first-order valence-corrected chi connectivity index (χ1v) is 6.66. The van der Waals surface area contributed by atoms with Crippen LogP contribution in [0.4, 0.5) is 17.8 Å². The van der Waals surface area contributed by atoms with Crippen LogP contribution in [0.2, 0.25) is 0 Å². The van der Waals surface area contributed by atoms with Crippen molar-refractivity contribution in [2.75, 3.05) is 42.8 Å². The molecule has 1 heterocycles. The lowest BCUT2D eigenvalue weighted by Gasteiger charge is -2.20. The van der Waals surface area contributed by atoms with E-state index in [9.17, 15) is 0 Å². The molecule has 1 aromatic heterocycles. The van der Waals surface area contributed by atoms with E-state index in [0.29, 0.717) is 18.5 Å². The van der Waals surface area contributed by atoms with Crippen LogP contribution in [-0.2, 0) is 4.74 Å². The summed E-state index contributed by atoms with van der Waals surface area (Å²) in [5.74, 6) is 1.33. The van der Waals surface area contributed by atoms with Gasteiger partial charge in [-0.15, -0.1) is 0 Å². The first-order chi connectivity index (χ1) is 9.14. The highest BCUT2D eigenvalue weighted by atomic mass is 16.5. The second-order valence-corrected chi connectivity index (χ2v) is 4.19. The standard InChI is InChI=1S/C12H24N6O/c1-5-9(8-19-4)14-11-15-10(13)16-12(17-11)18(6-2)7-3/h9H,5-8H2,1-4H3,(H3,13,14,15,16,17). The van der Waals surface area contributed by atoms with Crippen molar-refractivity contribution in [3.05, 3.63) is 0 Å². The smallest absolute Gasteiger partial charge is 0.231 e. The maximum Gasteiger partial charge on any atom is 0.231 e. The lowest BCUT2D eigenvalue weighted by Crippen LogP contribution is -2.28. The SMILES string of the molecule is CCC(COC)Nc1nc(N)nc(N(CC)CC)n1. The Morgan fingerprint density at radius 1 is 1.21 bits per heavy atom. The summed E-state index contributed by atoms with van der Waals surface area (Å²) in [6.45, 7) is 8.44. The molecule has 0 saturated carbocycles. The van der Waals surface area contributed by atoms with Gasteiger partial charge in [0.25, 0.3) is 0 Å². The fraction of sp³-hybridized carbons (Fsp3) is 0.750. The Labute approximate surface area is 114 Å². The van der Waals surface area contributed by atoms with Crippen LogP contribution >= 0.6 is 0 Å². The summed E-state index contributed by atoms with van der Waals surface area (Å²) in [5, 5.41) is 3.22. The topological polar surface area (TPSA) is 89.2 Å². The second-order valence-electron chi connectivity index (χ2n) is 4.19. The zero-order valence-corrected chi connectivity index (χ0v) is 12.2. The van der Waals surface area contributed by atoms with Gasteiger partial charge in [-0.25, -0.2) is 0 Å². The lowest BCUT2D eigenvalue weighted by atomic mass is 10.2. The monoisotopic (exact) mass is 268 g/mol. The second kappa shape index (κ2) is 7.73. The number of nitrogens with two attached hydrogens (primary N) is 1. The number of anilines is 3. The molecule has 0 saturated heterocycles. The van der Waals surface area contributed by atoms with E-state index in [1.54, 1.807) is 7.11 Å². The molecule has 3 N–H and O–H groups in total. The Morgan fingerprint density at radius 3 is 2.42 bits per heavy atom. The predicted octanol–water partition coefficient (Wildman–Crippen LogP) is 1.14. The quantitative estimate of drug-likeness (QED) is 0.730. The summed E-state index contributed by atoms with van der Waals surface area (Å²) >= 11 is 0. The molecule has 1 rings (SSSR count). The number of nitrogen functional groups attached to an aromatic ring is 1. The third-order valence-corrected chi connectivity index (χ3v) is 2.88. The van der Waals surface area contributed by atoms with Crippen molar-refractivity contribution in [1.82, 2.24) is 15.0 Å². The Bertz CT molecular complexity index is 382. The molecule has 0 radical (unpaired) electrons. The average molecular weight is 268 g/mol. The summed E-state index contributed by atoms with van der Waals surface area (Å²) in [6, 6.07) is 0.163. The molecule has 0 spiro atoms. The highest BCUT2D eigenvalue weighted by Crippen LogP contribution is 2.13. The molecule has 1 atom stereocenters. The van der Waals surface area contributed by atoms with E-state index in [2.05, 4.69) is 41.0 Å². The third kappa shape index (κ3) is 4.51. The molecule has 19 heavy (non-hydrogen) atoms. The summed E-state index contributed by atoms with van der Waals surface area (Å²) in [7, 11) is 1.67. The minimum atomic E-state index is 0.163. The Balaban J connectivity index is 2.89. The van der Waals surface area contributed by atoms with Crippen LogP contribution in [0, 0.1) is 0 Å². The lowest BCUT2D eigenvalue weighted by molar-refractivity contribution is 0.184. The minimum absolute atomic E-state index is 0.163. The van der Waals surface area contributed by atoms with Crippen LogP contribution in [0.15, 0.2) is 0 Å². The highest BCUT2D eigenvalue weighted by molar-refractivity contribution is 5.42. The number of hydrogen-bond acceptors (Lipinski definition) is 7. The van der Waals surface area contributed by atoms with Gasteiger partial charge in [-0.05, 0) is 20.3 Å². The Morgan fingerprint density at radius 2 is 1.89 bits per heavy atom. The average Bonchev–Trinajstić information content (AvgIpc) is 2.39. The van der Waals surface area contributed by atoms with Gasteiger partial charge in [0.05, 0.1) is 12.6 Å². The van der Waals surface area contributed by atoms with E-state index >= 15 is 0 Å². The molecule has 0 aromatic carbocycles. The number of aromatic nitrogens is 3. The van der Waals surface area contributed by atoms with Crippen LogP contribution in [0.5, 0.6) is 0 Å². The van der Waals surface area contributed by atoms with E-state index in [0.717, 1.165) is 19.5 Å². The maximum absolute atomic E-state index is 5.74. The molecule has 0 aliphatic carbocycles. The van der Waals surface area contributed by atoms with Crippen LogP contribution in [0.25, 0.3) is 0 Å². The Kier molecular flexibility index (Phi) is 6.27. The number of nitrogens with one attached hydrogen (secondary N) is 1. The van der Waals surface area contributed by atoms with E-state index in [1.165, 1.54) is 0 Å². The van der Waals surface area contributed by atoms with Gasteiger partial charge >= 0.3 is 0 Å². The molecule has 108 valence electrons. The van der Waals surface area contributed by atoms with Crippen molar-refractivity contribution in [2.45, 2.75) is 33.2 Å². The molecule has 7 heteroatoms. The molecule has 0 bridgehead atoms. The summed E-state index contributed by atoms with van der Waals surface area (Å²) in [6.07, 6.45) is 0.917. The van der Waals surface area contributed by atoms with Gasteiger partial charge in [0.1, 0.15) is 0 Å². The Hall–Kier alpha value is -1.63. The molecule has 7 nitrogen and oxygen atoms in total. The summed E-state index contributed by atoms with van der Waals surface area (Å²) in [5.41, 5.74) is 5.74. The van der Waals surface area contributed by atoms with Gasteiger partial charge in [0, 0.05) is 20.2 Å². The van der Waals surface area contributed by atoms with Crippen LogP contribution < -0.4 is 16.0 Å². The number of hydrogen-bond donors (Lipinski definition) is 2. The molecular formula is C12H24N6O. The fourth-order valence-corrected chi connectivity index (χ4v) is 1.74. The molecule has 0 fully saturated rings. The number of methoxy groups -OCH3 is 1. The van der Waals surface area contributed by atoms with Crippen LogP contribution in [-0.4, -0.2) is 47.8 Å². The summed E-state index contributed by atoms with van der Waals surface area (Å²) in [4.78, 5) is 14.7. The van der Waals surface area contributed by atoms with Gasteiger partial charge in [0.2, 0.25) is 17.8 Å². The van der Waals surface area contributed by atoms with Gasteiger partial charge < -0.3 is 20.7 Å². The van der Waals surface area contributed by atoms with Crippen molar-refractivity contribution >= 4 is 17.8 Å². The van der Waals surface area contributed by atoms with E-state index < -0.39 is 0 Å². The first-order valence-electron chi connectivity index (χ1n) is 6.66. The molecule has 1 unspecified atom stereocenters. The van der Waals surface area contributed by atoms with Gasteiger partial charge in [-0.3, -0.25) is 0 Å². The van der Waals surface area contributed by atoms with Crippen LogP contribution in [0.1, 0.15) is 27.2 Å². The number of nitrogens with zero attached hydrogens (tertiary/aromatic N) is 4. The molecular weight excluding hydrogens is 244 g/mol. The van der Waals surface area contributed by atoms with Gasteiger partial charge in [0.15, 0.2) is 0 Å². The van der Waals surface area contributed by atoms with Crippen molar-refractivity contribution in [2.24, 2.45) is 0 Å². The molecule has 0 amide bonds.